The zero-order valence-corrected chi connectivity index (χ0v) is 9.54. The Kier molecular flexibility index (Phi) is 2.36. The van der Waals surface area contributed by atoms with Gasteiger partial charge in [-0.3, -0.25) is 0 Å². The molecule has 5 heteroatoms. The molecule has 2 N–H and O–H groups in total. The number of nitrogens with two attached hydrogens (primary N) is 1. The molecule has 0 bridgehead atoms. The summed E-state index contributed by atoms with van der Waals surface area (Å²) in [6, 6.07) is 0. The van der Waals surface area contributed by atoms with E-state index in [2.05, 4.69) is 14.3 Å². The maximum atomic E-state index is 5.68. The first-order chi connectivity index (χ1) is 7.36. The number of hydrogen-bond donors (Lipinski definition) is 1. The monoisotopic (exact) mass is 224 g/mol. The van der Waals surface area contributed by atoms with Gasteiger partial charge in [-0.2, -0.15) is 4.37 Å². The predicted molar refractivity (Wildman–Crippen MR) is 61.3 cm³/mol. The van der Waals surface area contributed by atoms with Crippen LogP contribution in [0.5, 0.6) is 0 Å². The molecule has 1 saturated carbocycles. The summed E-state index contributed by atoms with van der Waals surface area (Å²) in [6.45, 7) is 2.96. The number of rotatable bonds is 3. The van der Waals surface area contributed by atoms with Gasteiger partial charge < -0.3 is 10.6 Å². The standard InChI is InChI=1S/C10H16N4S/c11-5-7-3-4-14(6-7)10-12-9(13-15-10)8-1-2-8/h7-8H,1-6,11H2. The van der Waals surface area contributed by atoms with Crippen molar-refractivity contribution in [3.8, 4) is 0 Å². The molecule has 0 spiro atoms. The summed E-state index contributed by atoms with van der Waals surface area (Å²) in [5.41, 5.74) is 5.68. The van der Waals surface area contributed by atoms with E-state index in [-0.39, 0.29) is 0 Å². The van der Waals surface area contributed by atoms with Gasteiger partial charge in [0.05, 0.1) is 0 Å². The van der Waals surface area contributed by atoms with Crippen LogP contribution in [0.4, 0.5) is 5.13 Å². The van der Waals surface area contributed by atoms with Crippen LogP contribution >= 0.6 is 11.5 Å². The molecule has 0 radical (unpaired) electrons. The smallest absolute Gasteiger partial charge is 0.205 e. The summed E-state index contributed by atoms with van der Waals surface area (Å²) in [5, 5.41) is 1.10. The molecule has 1 aliphatic carbocycles. The summed E-state index contributed by atoms with van der Waals surface area (Å²) >= 11 is 1.55. The summed E-state index contributed by atoms with van der Waals surface area (Å²) in [4.78, 5) is 6.95. The largest absolute Gasteiger partial charge is 0.347 e. The first-order valence-electron chi connectivity index (χ1n) is 5.65. The molecule has 1 saturated heterocycles. The fourth-order valence-electron chi connectivity index (χ4n) is 2.06. The van der Waals surface area contributed by atoms with E-state index >= 15 is 0 Å². The number of hydrogen-bond acceptors (Lipinski definition) is 5. The van der Waals surface area contributed by atoms with Crippen molar-refractivity contribution in [2.24, 2.45) is 11.7 Å². The van der Waals surface area contributed by atoms with Gasteiger partial charge in [0.1, 0.15) is 5.82 Å². The first kappa shape index (κ1) is 9.54. The van der Waals surface area contributed by atoms with Crippen LogP contribution in [0.3, 0.4) is 0 Å². The Morgan fingerprint density at radius 1 is 1.40 bits per heavy atom. The third-order valence-electron chi connectivity index (χ3n) is 3.26. The average molecular weight is 224 g/mol. The van der Waals surface area contributed by atoms with Gasteiger partial charge in [0.25, 0.3) is 0 Å². The van der Waals surface area contributed by atoms with Gasteiger partial charge in [0.2, 0.25) is 5.13 Å². The minimum absolute atomic E-state index is 0.651. The second kappa shape index (κ2) is 3.72. The van der Waals surface area contributed by atoms with Gasteiger partial charge in [-0.25, -0.2) is 4.98 Å². The molecule has 1 atom stereocenters. The van der Waals surface area contributed by atoms with Crippen molar-refractivity contribution in [2.75, 3.05) is 24.5 Å². The average Bonchev–Trinajstić information content (AvgIpc) is 2.84. The molecular weight excluding hydrogens is 208 g/mol. The van der Waals surface area contributed by atoms with Crippen LogP contribution < -0.4 is 10.6 Å². The van der Waals surface area contributed by atoms with Crippen LogP contribution in [0.2, 0.25) is 0 Å². The molecule has 2 fully saturated rings. The Morgan fingerprint density at radius 3 is 2.93 bits per heavy atom. The van der Waals surface area contributed by atoms with E-state index < -0.39 is 0 Å². The molecule has 15 heavy (non-hydrogen) atoms. The summed E-state index contributed by atoms with van der Waals surface area (Å²) in [6.07, 6.45) is 3.76. The van der Waals surface area contributed by atoms with Crippen LogP contribution in [-0.4, -0.2) is 29.0 Å². The van der Waals surface area contributed by atoms with E-state index in [0.29, 0.717) is 11.8 Å². The minimum Gasteiger partial charge on any atom is -0.347 e. The molecule has 82 valence electrons. The molecule has 0 aromatic carbocycles. The second-order valence-corrected chi connectivity index (χ2v) is 5.28. The molecule has 2 heterocycles. The van der Waals surface area contributed by atoms with Crippen molar-refractivity contribution in [2.45, 2.75) is 25.2 Å². The maximum absolute atomic E-state index is 5.68. The molecule has 0 amide bonds. The summed E-state index contributed by atoms with van der Waals surface area (Å²) in [5.74, 6) is 2.40. The van der Waals surface area contributed by atoms with Gasteiger partial charge in [-0.1, -0.05) is 0 Å². The Morgan fingerprint density at radius 2 is 2.27 bits per heavy atom. The zero-order valence-electron chi connectivity index (χ0n) is 8.72. The van der Waals surface area contributed by atoms with Crippen LogP contribution in [0.1, 0.15) is 31.0 Å². The topological polar surface area (TPSA) is 55.0 Å². The Labute approximate surface area is 93.7 Å². The molecule has 1 aromatic heterocycles. The number of anilines is 1. The SMILES string of the molecule is NCC1CCN(c2nc(C3CC3)ns2)C1. The normalized spacial score (nSPS) is 26.2. The number of aromatic nitrogens is 2. The molecule has 1 aliphatic heterocycles. The highest BCUT2D eigenvalue weighted by Gasteiger charge is 2.30. The van der Waals surface area contributed by atoms with Gasteiger partial charge in [-0.05, 0) is 31.7 Å². The molecule has 2 aliphatic rings. The highest BCUT2D eigenvalue weighted by molar-refractivity contribution is 7.09. The minimum atomic E-state index is 0.651. The quantitative estimate of drug-likeness (QED) is 0.838. The third-order valence-corrected chi connectivity index (χ3v) is 4.05. The fraction of sp³-hybridized carbons (Fsp3) is 0.800. The fourth-order valence-corrected chi connectivity index (χ4v) is 2.84. The lowest BCUT2D eigenvalue weighted by atomic mass is 10.1. The highest BCUT2D eigenvalue weighted by atomic mass is 32.1. The van der Waals surface area contributed by atoms with Crippen molar-refractivity contribution in [3.63, 3.8) is 0 Å². The van der Waals surface area contributed by atoms with Gasteiger partial charge in [0, 0.05) is 30.5 Å². The van der Waals surface area contributed by atoms with Gasteiger partial charge in [-0.15, -0.1) is 0 Å². The third kappa shape index (κ3) is 1.86. The molecule has 3 rings (SSSR count). The lowest BCUT2D eigenvalue weighted by molar-refractivity contribution is 0.602. The Balaban J connectivity index is 1.70. The summed E-state index contributed by atoms with van der Waals surface area (Å²) in [7, 11) is 0. The van der Waals surface area contributed by atoms with Crippen molar-refractivity contribution in [3.05, 3.63) is 5.82 Å². The predicted octanol–water partition coefficient (Wildman–Crippen LogP) is 1.20. The number of nitrogens with zero attached hydrogens (tertiary/aromatic N) is 3. The van der Waals surface area contributed by atoms with Crippen molar-refractivity contribution in [1.82, 2.24) is 9.36 Å². The van der Waals surface area contributed by atoms with Crippen LogP contribution in [0.25, 0.3) is 0 Å². The molecule has 1 aromatic rings. The Hall–Kier alpha value is -0.680. The molecular formula is C10H16N4S. The lowest BCUT2D eigenvalue weighted by Gasteiger charge is -2.13. The van der Waals surface area contributed by atoms with Crippen LogP contribution in [0.15, 0.2) is 0 Å². The van der Waals surface area contributed by atoms with E-state index in [0.717, 1.165) is 30.6 Å². The van der Waals surface area contributed by atoms with E-state index in [1.807, 2.05) is 0 Å². The van der Waals surface area contributed by atoms with Gasteiger partial charge >= 0.3 is 0 Å². The van der Waals surface area contributed by atoms with Crippen molar-refractivity contribution < 1.29 is 0 Å². The van der Waals surface area contributed by atoms with Crippen molar-refractivity contribution in [1.29, 1.82) is 0 Å². The van der Waals surface area contributed by atoms with E-state index in [4.69, 9.17) is 5.73 Å². The van der Waals surface area contributed by atoms with E-state index in [1.54, 1.807) is 11.5 Å². The maximum Gasteiger partial charge on any atom is 0.205 e. The first-order valence-corrected chi connectivity index (χ1v) is 6.43. The Bertz CT molecular complexity index is 347. The second-order valence-electron chi connectivity index (χ2n) is 4.55. The van der Waals surface area contributed by atoms with Gasteiger partial charge in [0.15, 0.2) is 0 Å². The lowest BCUT2D eigenvalue weighted by Crippen LogP contribution is -2.22. The molecule has 1 unspecified atom stereocenters. The summed E-state index contributed by atoms with van der Waals surface area (Å²) < 4.78 is 4.43. The van der Waals surface area contributed by atoms with Crippen molar-refractivity contribution >= 4 is 16.7 Å². The highest BCUT2D eigenvalue weighted by Crippen LogP contribution is 2.40. The van der Waals surface area contributed by atoms with Crippen LogP contribution in [-0.2, 0) is 0 Å². The van der Waals surface area contributed by atoms with Crippen LogP contribution in [0, 0.1) is 5.92 Å². The zero-order chi connectivity index (χ0) is 10.3. The van der Waals surface area contributed by atoms with E-state index in [1.165, 1.54) is 19.3 Å². The van der Waals surface area contributed by atoms with E-state index in [9.17, 15) is 0 Å². The molecule has 4 nitrogen and oxygen atoms in total.